The van der Waals surface area contributed by atoms with Crippen molar-refractivity contribution in [2.45, 2.75) is 11.7 Å². The highest BCUT2D eigenvalue weighted by Gasteiger charge is 2.13. The molecule has 0 aliphatic heterocycles. The molecule has 1 aromatic heterocycles. The van der Waals surface area contributed by atoms with Crippen LogP contribution < -0.4 is 10.9 Å². The number of methoxy groups -OCH3 is 1. The first-order valence-corrected chi connectivity index (χ1v) is 9.59. The molecule has 1 amide bonds. The molecule has 140 valence electrons. The lowest BCUT2D eigenvalue weighted by Gasteiger charge is -2.13. The van der Waals surface area contributed by atoms with Crippen molar-refractivity contribution in [3.8, 4) is 0 Å². The fraction of sp³-hybridized carbons (Fsp3) is 0.250. The lowest BCUT2D eigenvalue weighted by atomic mass is 10.2. The molecule has 6 nitrogen and oxygen atoms in total. The largest absolute Gasteiger partial charge is 0.383 e. The minimum atomic E-state index is -0.120. The summed E-state index contributed by atoms with van der Waals surface area (Å²) >= 11 is 1.26. The number of thioether (sulfide) groups is 1. The summed E-state index contributed by atoms with van der Waals surface area (Å²) in [5.41, 5.74) is 1.53. The van der Waals surface area contributed by atoms with Crippen molar-refractivity contribution >= 4 is 28.6 Å². The van der Waals surface area contributed by atoms with Gasteiger partial charge >= 0.3 is 0 Å². The Labute approximate surface area is 161 Å². The van der Waals surface area contributed by atoms with E-state index >= 15 is 0 Å². The molecule has 0 atom stereocenters. The molecule has 0 aliphatic carbocycles. The van der Waals surface area contributed by atoms with Crippen LogP contribution in [-0.2, 0) is 16.1 Å². The number of amides is 1. The summed E-state index contributed by atoms with van der Waals surface area (Å²) in [5.74, 6) is 0.0641. The van der Waals surface area contributed by atoms with Gasteiger partial charge in [0, 0.05) is 13.7 Å². The zero-order valence-electron chi connectivity index (χ0n) is 15.1. The van der Waals surface area contributed by atoms with Crippen LogP contribution in [0.2, 0.25) is 0 Å². The monoisotopic (exact) mass is 383 g/mol. The van der Waals surface area contributed by atoms with Crippen molar-refractivity contribution < 1.29 is 9.53 Å². The maximum absolute atomic E-state index is 13.0. The first-order chi connectivity index (χ1) is 13.2. The molecule has 0 bridgehead atoms. The number of carbonyl (C=O) groups excluding carboxylic acids is 1. The van der Waals surface area contributed by atoms with E-state index in [1.165, 1.54) is 11.8 Å². The smallest absolute Gasteiger partial charge is 0.262 e. The summed E-state index contributed by atoms with van der Waals surface area (Å²) in [7, 11) is 1.59. The number of benzene rings is 2. The van der Waals surface area contributed by atoms with Gasteiger partial charge in [-0.05, 0) is 17.7 Å². The van der Waals surface area contributed by atoms with Gasteiger partial charge in [0.1, 0.15) is 0 Å². The molecule has 27 heavy (non-hydrogen) atoms. The second-order valence-electron chi connectivity index (χ2n) is 5.92. The van der Waals surface area contributed by atoms with Gasteiger partial charge in [-0.15, -0.1) is 0 Å². The molecule has 1 N–H and O–H groups in total. The molecule has 0 radical (unpaired) electrons. The number of carbonyl (C=O) groups is 1. The van der Waals surface area contributed by atoms with Crippen molar-refractivity contribution in [3.63, 3.8) is 0 Å². The second-order valence-corrected chi connectivity index (χ2v) is 6.86. The maximum atomic E-state index is 13.0. The molecule has 3 aromatic rings. The first-order valence-electron chi connectivity index (χ1n) is 8.61. The fourth-order valence-electron chi connectivity index (χ4n) is 2.64. The Morgan fingerprint density at radius 2 is 1.89 bits per heavy atom. The molecule has 3 rings (SSSR count). The first kappa shape index (κ1) is 19.1. The molecule has 0 saturated heterocycles. The molecule has 0 saturated carbocycles. The third-order valence-electron chi connectivity index (χ3n) is 3.97. The average Bonchev–Trinajstić information content (AvgIpc) is 2.70. The van der Waals surface area contributed by atoms with Gasteiger partial charge in [-0.2, -0.15) is 0 Å². The van der Waals surface area contributed by atoms with Gasteiger partial charge in [0.2, 0.25) is 5.91 Å². The number of ether oxygens (including phenoxy) is 1. The number of rotatable bonds is 8. The van der Waals surface area contributed by atoms with Gasteiger partial charge in [-0.25, -0.2) is 4.98 Å². The Bertz CT molecular complexity index is 973. The third-order valence-corrected chi connectivity index (χ3v) is 4.95. The average molecular weight is 383 g/mol. The summed E-state index contributed by atoms with van der Waals surface area (Å²) in [6.07, 6.45) is 0. The van der Waals surface area contributed by atoms with Crippen molar-refractivity contribution in [2.75, 3.05) is 26.0 Å². The van der Waals surface area contributed by atoms with Gasteiger partial charge in [-0.3, -0.25) is 14.2 Å². The zero-order chi connectivity index (χ0) is 19.1. The topological polar surface area (TPSA) is 73.2 Å². The molecular formula is C20H21N3O3S. The van der Waals surface area contributed by atoms with Crippen LogP contribution >= 0.6 is 11.8 Å². The summed E-state index contributed by atoms with van der Waals surface area (Å²) in [4.78, 5) is 29.6. The standard InChI is InChI=1S/C20H21N3O3S/c1-26-12-11-21-18(24)14-27-20-22-17-10-6-5-9-16(17)19(25)23(20)13-15-7-3-2-4-8-15/h2-10H,11-14H2,1H3,(H,21,24). The minimum absolute atomic E-state index is 0.105. The van der Waals surface area contributed by atoms with Gasteiger partial charge < -0.3 is 10.1 Å². The zero-order valence-corrected chi connectivity index (χ0v) is 15.9. The van der Waals surface area contributed by atoms with Crippen LogP contribution in [0.3, 0.4) is 0 Å². The van der Waals surface area contributed by atoms with Gasteiger partial charge in [0.15, 0.2) is 5.16 Å². The highest BCUT2D eigenvalue weighted by Crippen LogP contribution is 2.18. The molecule has 0 fully saturated rings. The van der Waals surface area contributed by atoms with E-state index in [0.29, 0.717) is 35.8 Å². The molecular weight excluding hydrogens is 362 g/mol. The van der Waals surface area contributed by atoms with Crippen LogP contribution in [0.4, 0.5) is 0 Å². The highest BCUT2D eigenvalue weighted by atomic mass is 32.2. The molecule has 0 aliphatic rings. The number of hydrogen-bond donors (Lipinski definition) is 1. The quantitative estimate of drug-likeness (QED) is 0.367. The van der Waals surface area contributed by atoms with Crippen LogP contribution in [0, 0.1) is 0 Å². The van der Waals surface area contributed by atoms with E-state index in [4.69, 9.17) is 4.74 Å². The van der Waals surface area contributed by atoms with E-state index in [2.05, 4.69) is 10.3 Å². The Kier molecular flexibility index (Phi) is 6.62. The number of nitrogens with zero attached hydrogens (tertiary/aromatic N) is 2. The van der Waals surface area contributed by atoms with Crippen molar-refractivity contribution in [2.24, 2.45) is 0 Å². The fourth-order valence-corrected chi connectivity index (χ4v) is 3.47. The molecule has 0 spiro atoms. The minimum Gasteiger partial charge on any atom is -0.383 e. The summed E-state index contributed by atoms with van der Waals surface area (Å²) in [6, 6.07) is 17.0. The molecule has 1 heterocycles. The Morgan fingerprint density at radius 3 is 2.67 bits per heavy atom. The van der Waals surface area contributed by atoms with E-state index in [0.717, 1.165) is 5.56 Å². The van der Waals surface area contributed by atoms with E-state index < -0.39 is 0 Å². The van der Waals surface area contributed by atoms with Crippen molar-refractivity contribution in [1.82, 2.24) is 14.9 Å². The van der Waals surface area contributed by atoms with Gasteiger partial charge in [0.25, 0.3) is 5.56 Å². The van der Waals surface area contributed by atoms with E-state index in [1.807, 2.05) is 48.5 Å². The van der Waals surface area contributed by atoms with Gasteiger partial charge in [0.05, 0.1) is 29.8 Å². The van der Waals surface area contributed by atoms with Gasteiger partial charge in [-0.1, -0.05) is 54.2 Å². The number of nitrogens with one attached hydrogen (secondary N) is 1. The van der Waals surface area contributed by atoms with Crippen LogP contribution in [0.15, 0.2) is 64.5 Å². The van der Waals surface area contributed by atoms with Crippen LogP contribution in [0.5, 0.6) is 0 Å². The van der Waals surface area contributed by atoms with E-state index in [1.54, 1.807) is 17.7 Å². The summed E-state index contributed by atoms with van der Waals surface area (Å²) in [5, 5.41) is 3.88. The summed E-state index contributed by atoms with van der Waals surface area (Å²) in [6.45, 7) is 1.33. The van der Waals surface area contributed by atoms with Crippen LogP contribution in [0.1, 0.15) is 5.56 Å². The second kappa shape index (κ2) is 9.34. The molecule has 2 aromatic carbocycles. The molecule has 7 heteroatoms. The van der Waals surface area contributed by atoms with E-state index in [9.17, 15) is 9.59 Å². The van der Waals surface area contributed by atoms with E-state index in [-0.39, 0.29) is 17.2 Å². The molecule has 0 unspecified atom stereocenters. The Balaban J connectivity index is 1.88. The lowest BCUT2D eigenvalue weighted by Crippen LogP contribution is -2.29. The lowest BCUT2D eigenvalue weighted by molar-refractivity contribution is -0.118. The SMILES string of the molecule is COCCNC(=O)CSc1nc2ccccc2c(=O)n1Cc1ccccc1. The number of para-hydroxylation sites is 1. The predicted molar refractivity (Wildman–Crippen MR) is 107 cm³/mol. The number of aromatic nitrogens is 2. The third kappa shape index (κ3) is 4.96. The predicted octanol–water partition coefficient (Wildman–Crippen LogP) is 2.30. The Hall–Kier alpha value is -2.64. The van der Waals surface area contributed by atoms with Crippen molar-refractivity contribution in [3.05, 3.63) is 70.5 Å². The van der Waals surface area contributed by atoms with Crippen LogP contribution in [-0.4, -0.2) is 41.5 Å². The Morgan fingerprint density at radius 1 is 1.15 bits per heavy atom. The normalized spacial score (nSPS) is 10.9. The van der Waals surface area contributed by atoms with Crippen LogP contribution in [0.25, 0.3) is 10.9 Å². The highest BCUT2D eigenvalue weighted by molar-refractivity contribution is 7.99. The number of hydrogen-bond acceptors (Lipinski definition) is 5. The van der Waals surface area contributed by atoms with Crippen molar-refractivity contribution in [1.29, 1.82) is 0 Å². The summed E-state index contributed by atoms with van der Waals surface area (Å²) < 4.78 is 6.55. The maximum Gasteiger partial charge on any atom is 0.262 e. The number of fused-ring (bicyclic) bond motifs is 1.